The summed E-state index contributed by atoms with van der Waals surface area (Å²) in [6.07, 6.45) is 8.21. The van der Waals surface area contributed by atoms with Gasteiger partial charge >= 0.3 is 23.9 Å². The number of epoxide rings is 2. The van der Waals surface area contributed by atoms with Crippen molar-refractivity contribution in [2.75, 3.05) is 13.2 Å². The summed E-state index contributed by atoms with van der Waals surface area (Å²) < 4.78 is 33.9. The van der Waals surface area contributed by atoms with Crippen LogP contribution in [0.15, 0.2) is 47.6 Å². The van der Waals surface area contributed by atoms with Gasteiger partial charge in [-0.15, -0.1) is 0 Å². The maximum atomic E-state index is 12.5. The molecular weight excluding hydrogens is 556 g/mol. The summed E-state index contributed by atoms with van der Waals surface area (Å²) in [6.45, 7) is 12.0. The largest absolute Gasteiger partial charge is 0.461 e. The van der Waals surface area contributed by atoms with Gasteiger partial charge in [-0.25, -0.2) is 9.59 Å². The molecule has 10 nitrogen and oxygen atoms in total. The van der Waals surface area contributed by atoms with Crippen LogP contribution >= 0.6 is 0 Å². The first-order valence-electron chi connectivity index (χ1n) is 15.3. The van der Waals surface area contributed by atoms with Gasteiger partial charge in [-0.05, 0) is 76.4 Å². The third-order valence-electron chi connectivity index (χ3n) is 10.0. The van der Waals surface area contributed by atoms with Crippen LogP contribution in [0.25, 0.3) is 0 Å². The zero-order valence-electron chi connectivity index (χ0n) is 24.9. The zero-order chi connectivity index (χ0) is 30.5. The molecule has 0 unspecified atom stereocenters. The molecule has 10 heteroatoms. The number of hydrogen-bond acceptors (Lipinski definition) is 10. The fourth-order valence-corrected chi connectivity index (χ4v) is 7.07. The summed E-state index contributed by atoms with van der Waals surface area (Å²) in [6, 6.07) is 0. The standard InChI is InChI=1S/C33H40O10/c1-18-22-11-9-20(7-5-13-32(3)28(42-32)26(22)40-30(18)36)16-38-24(34)15-25(35)39-17-21-8-6-14-33(4)29(43-33)27-23(12-10-21)19(2)31(37)41-27/h7-8,22-23,26-29H,1-2,5-6,9-17H2,3-4H3/b20-7+,21-8+/t22-,23-,26-,27-,28-,29-,32+,33+/m0/s1. The summed E-state index contributed by atoms with van der Waals surface area (Å²) in [7, 11) is 0. The highest BCUT2D eigenvalue weighted by atomic mass is 16.7. The van der Waals surface area contributed by atoms with Crippen molar-refractivity contribution in [2.24, 2.45) is 11.8 Å². The molecule has 2 aliphatic carbocycles. The molecular formula is C33H40O10. The van der Waals surface area contributed by atoms with Crippen molar-refractivity contribution >= 4 is 23.9 Å². The molecule has 0 aromatic carbocycles. The Labute approximate surface area is 251 Å². The highest BCUT2D eigenvalue weighted by Crippen LogP contribution is 2.51. The van der Waals surface area contributed by atoms with Crippen molar-refractivity contribution in [1.82, 2.24) is 0 Å². The lowest BCUT2D eigenvalue weighted by atomic mass is 9.84. The van der Waals surface area contributed by atoms with Gasteiger partial charge in [0.05, 0.1) is 11.2 Å². The van der Waals surface area contributed by atoms with Crippen LogP contribution in [0.1, 0.15) is 71.6 Å². The van der Waals surface area contributed by atoms with Gasteiger partial charge in [0.15, 0.2) is 0 Å². The molecule has 43 heavy (non-hydrogen) atoms. The molecule has 4 fully saturated rings. The molecule has 0 radical (unpaired) electrons. The second-order valence-corrected chi connectivity index (χ2v) is 13.1. The van der Waals surface area contributed by atoms with Gasteiger partial charge in [-0.2, -0.15) is 0 Å². The van der Waals surface area contributed by atoms with Crippen LogP contribution in [-0.2, 0) is 47.6 Å². The minimum atomic E-state index is -0.659. The third-order valence-corrected chi connectivity index (χ3v) is 10.0. The van der Waals surface area contributed by atoms with E-state index in [0.29, 0.717) is 36.8 Å². The van der Waals surface area contributed by atoms with E-state index >= 15 is 0 Å². The highest BCUT2D eigenvalue weighted by Gasteiger charge is 2.62. The van der Waals surface area contributed by atoms with Crippen LogP contribution < -0.4 is 0 Å². The Bertz CT molecular complexity index is 1210. The molecule has 4 saturated heterocycles. The molecule has 0 N–H and O–H groups in total. The summed E-state index contributed by atoms with van der Waals surface area (Å²) in [5, 5.41) is 0. The number of esters is 4. The van der Waals surface area contributed by atoms with E-state index in [-0.39, 0.29) is 72.6 Å². The van der Waals surface area contributed by atoms with Crippen LogP contribution in [-0.4, -0.2) is 72.7 Å². The molecule has 0 spiro atoms. The number of hydrogen-bond donors (Lipinski definition) is 0. The Balaban J connectivity index is 0.981. The van der Waals surface area contributed by atoms with Crippen LogP contribution in [0.2, 0.25) is 0 Å². The van der Waals surface area contributed by atoms with E-state index in [9.17, 15) is 19.2 Å². The zero-order valence-corrected chi connectivity index (χ0v) is 24.9. The van der Waals surface area contributed by atoms with Crippen LogP contribution in [0, 0.1) is 11.8 Å². The van der Waals surface area contributed by atoms with Crippen LogP contribution in [0.3, 0.4) is 0 Å². The summed E-state index contributed by atoms with van der Waals surface area (Å²) in [5.41, 5.74) is 2.08. The molecule has 8 atom stereocenters. The Morgan fingerprint density at radius 2 is 1.21 bits per heavy atom. The number of carbonyl (C=O) groups excluding carboxylic acids is 4. The number of rotatable bonds is 6. The van der Waals surface area contributed by atoms with Gasteiger partial charge in [0.25, 0.3) is 0 Å². The monoisotopic (exact) mass is 596 g/mol. The number of carbonyl (C=O) groups is 4. The Morgan fingerprint density at radius 3 is 1.63 bits per heavy atom. The normalized spacial score (nSPS) is 41.0. The Morgan fingerprint density at radius 1 is 0.791 bits per heavy atom. The molecule has 0 saturated carbocycles. The third kappa shape index (κ3) is 6.09. The van der Waals surface area contributed by atoms with Gasteiger partial charge < -0.3 is 28.4 Å². The second kappa shape index (κ2) is 11.4. The summed E-state index contributed by atoms with van der Waals surface area (Å²) in [5.74, 6) is -2.36. The molecule has 4 aliphatic heterocycles. The van der Waals surface area contributed by atoms with Gasteiger partial charge in [0.1, 0.15) is 44.1 Å². The summed E-state index contributed by atoms with van der Waals surface area (Å²) in [4.78, 5) is 49.4. The molecule has 4 heterocycles. The summed E-state index contributed by atoms with van der Waals surface area (Å²) >= 11 is 0. The first-order chi connectivity index (χ1) is 20.5. The van der Waals surface area contributed by atoms with Crippen molar-refractivity contribution in [1.29, 1.82) is 0 Å². The van der Waals surface area contributed by atoms with Crippen molar-refractivity contribution < 1.29 is 47.6 Å². The minimum absolute atomic E-state index is 0.0615. The van der Waals surface area contributed by atoms with Crippen molar-refractivity contribution in [3.05, 3.63) is 47.6 Å². The van der Waals surface area contributed by atoms with Crippen LogP contribution in [0.4, 0.5) is 0 Å². The number of fused-ring (bicyclic) bond motifs is 6. The highest BCUT2D eigenvalue weighted by molar-refractivity contribution is 5.92. The molecule has 6 aliphatic rings. The fourth-order valence-electron chi connectivity index (χ4n) is 7.07. The number of allylic oxidation sites excluding steroid dienone is 2. The Hall–Kier alpha value is -3.24. The Kier molecular flexibility index (Phi) is 7.87. The lowest BCUT2D eigenvalue weighted by Gasteiger charge is -2.20. The molecule has 0 amide bonds. The first-order valence-corrected chi connectivity index (χ1v) is 15.3. The minimum Gasteiger partial charge on any atom is -0.461 e. The van der Waals surface area contributed by atoms with E-state index in [1.807, 2.05) is 13.8 Å². The van der Waals surface area contributed by atoms with Gasteiger partial charge in [0.2, 0.25) is 0 Å². The average Bonchev–Trinajstić information content (AvgIpc) is 3.77. The van der Waals surface area contributed by atoms with E-state index in [2.05, 4.69) is 25.3 Å². The molecule has 232 valence electrons. The van der Waals surface area contributed by atoms with Crippen LogP contribution in [0.5, 0.6) is 0 Å². The molecule has 0 aromatic heterocycles. The quantitative estimate of drug-likeness (QED) is 0.111. The average molecular weight is 597 g/mol. The lowest BCUT2D eigenvalue weighted by Crippen LogP contribution is -2.29. The molecule has 0 bridgehead atoms. The maximum absolute atomic E-state index is 12.5. The van der Waals surface area contributed by atoms with E-state index in [1.165, 1.54) is 0 Å². The topological polar surface area (TPSA) is 130 Å². The maximum Gasteiger partial charge on any atom is 0.334 e. The van der Waals surface area contributed by atoms with Gasteiger partial charge in [-0.1, -0.05) is 25.3 Å². The first kappa shape index (κ1) is 29.8. The SMILES string of the molecule is C=C1C(=O)O[C@H]2[C@H]1CC/C(COC(=O)CC(=O)OC/C1=C/CC[C@@]3(C)O[C@H]3[C@H]3OC(=O)C(=C)[C@@H]3CC1)=C\CC[C@@]1(C)O[C@@H]21. The van der Waals surface area contributed by atoms with E-state index in [1.54, 1.807) is 0 Å². The predicted molar refractivity (Wildman–Crippen MR) is 151 cm³/mol. The van der Waals surface area contributed by atoms with E-state index < -0.39 is 18.4 Å². The number of ether oxygens (including phenoxy) is 6. The van der Waals surface area contributed by atoms with Crippen molar-refractivity contribution in [3.63, 3.8) is 0 Å². The van der Waals surface area contributed by atoms with Gasteiger partial charge in [-0.3, -0.25) is 9.59 Å². The van der Waals surface area contributed by atoms with E-state index in [4.69, 9.17) is 28.4 Å². The van der Waals surface area contributed by atoms with E-state index in [0.717, 1.165) is 36.8 Å². The fraction of sp³-hybridized carbons (Fsp3) is 0.636. The smallest absolute Gasteiger partial charge is 0.334 e. The van der Waals surface area contributed by atoms with Crippen molar-refractivity contribution in [3.8, 4) is 0 Å². The molecule has 6 rings (SSSR count). The van der Waals surface area contributed by atoms with Crippen molar-refractivity contribution in [2.45, 2.75) is 107 Å². The van der Waals surface area contributed by atoms with Gasteiger partial charge in [0, 0.05) is 23.0 Å². The second-order valence-electron chi connectivity index (χ2n) is 13.1. The lowest BCUT2D eigenvalue weighted by molar-refractivity contribution is -0.153. The molecule has 0 aromatic rings. The predicted octanol–water partition coefficient (Wildman–Crippen LogP) is 3.97.